The van der Waals surface area contributed by atoms with E-state index in [0.717, 1.165) is 10.0 Å². The highest BCUT2D eigenvalue weighted by molar-refractivity contribution is 9.10. The zero-order valence-corrected chi connectivity index (χ0v) is 10.5. The highest BCUT2D eigenvalue weighted by Gasteiger charge is 2.19. The molecule has 0 aliphatic heterocycles. The first-order valence-corrected chi connectivity index (χ1v) is 5.77. The first-order chi connectivity index (χ1) is 7.67. The summed E-state index contributed by atoms with van der Waals surface area (Å²) in [4.78, 5) is 11.4. The molecule has 1 aromatic rings. The third-order valence-corrected chi connectivity index (χ3v) is 2.61. The van der Waals surface area contributed by atoms with Crippen LogP contribution in [-0.4, -0.2) is 12.6 Å². The van der Waals surface area contributed by atoms with E-state index in [-0.39, 0.29) is 0 Å². The van der Waals surface area contributed by atoms with Gasteiger partial charge in [0.25, 0.3) is 0 Å². The molecule has 1 atom stereocenters. The van der Waals surface area contributed by atoms with Gasteiger partial charge in [-0.15, -0.1) is 0 Å². The molecule has 0 fully saturated rings. The van der Waals surface area contributed by atoms with Crippen LogP contribution in [0.3, 0.4) is 0 Å². The summed E-state index contributed by atoms with van der Waals surface area (Å²) >= 11 is 3.33. The molecular formula is C12H12BrNO2. The van der Waals surface area contributed by atoms with Crippen LogP contribution in [-0.2, 0) is 16.0 Å². The van der Waals surface area contributed by atoms with E-state index in [0.29, 0.717) is 13.0 Å². The van der Waals surface area contributed by atoms with Gasteiger partial charge in [-0.1, -0.05) is 28.1 Å². The van der Waals surface area contributed by atoms with Gasteiger partial charge in [-0.2, -0.15) is 5.26 Å². The molecule has 84 valence electrons. The SMILES string of the molecule is CCOC(=O)C(C#N)Cc1ccc(Br)cc1. The second-order valence-electron chi connectivity index (χ2n) is 3.26. The maximum Gasteiger partial charge on any atom is 0.323 e. The molecule has 4 heteroatoms. The van der Waals surface area contributed by atoms with E-state index in [1.165, 1.54) is 0 Å². The monoisotopic (exact) mass is 281 g/mol. The predicted molar refractivity (Wildman–Crippen MR) is 63.6 cm³/mol. The van der Waals surface area contributed by atoms with Crippen LogP contribution in [0.2, 0.25) is 0 Å². The number of ether oxygens (including phenoxy) is 1. The smallest absolute Gasteiger partial charge is 0.323 e. The van der Waals surface area contributed by atoms with Crippen LogP contribution in [0.25, 0.3) is 0 Å². The fourth-order valence-electron chi connectivity index (χ4n) is 1.28. The molecule has 0 saturated carbocycles. The molecule has 1 aromatic carbocycles. The second kappa shape index (κ2) is 6.29. The maximum atomic E-state index is 11.4. The Bertz CT molecular complexity index is 394. The Labute approximate surface area is 103 Å². The van der Waals surface area contributed by atoms with Gasteiger partial charge in [0.05, 0.1) is 12.7 Å². The Morgan fingerprint density at radius 2 is 2.12 bits per heavy atom. The summed E-state index contributed by atoms with van der Waals surface area (Å²) in [5, 5.41) is 8.88. The maximum absolute atomic E-state index is 11.4. The summed E-state index contributed by atoms with van der Waals surface area (Å²) in [6.45, 7) is 2.03. The number of esters is 1. The number of halogens is 1. The lowest BCUT2D eigenvalue weighted by atomic mass is 10.0. The zero-order chi connectivity index (χ0) is 12.0. The van der Waals surface area contributed by atoms with Crippen LogP contribution in [0.5, 0.6) is 0 Å². The molecule has 0 spiro atoms. The van der Waals surface area contributed by atoms with Crippen LogP contribution < -0.4 is 0 Å². The number of nitrogens with zero attached hydrogens (tertiary/aromatic N) is 1. The molecule has 0 aliphatic rings. The van der Waals surface area contributed by atoms with Crippen molar-refractivity contribution in [2.75, 3.05) is 6.61 Å². The first-order valence-electron chi connectivity index (χ1n) is 4.98. The van der Waals surface area contributed by atoms with E-state index >= 15 is 0 Å². The Balaban J connectivity index is 2.67. The number of carbonyl (C=O) groups excluding carboxylic acids is 1. The van der Waals surface area contributed by atoms with Crippen molar-refractivity contribution in [3.8, 4) is 6.07 Å². The lowest BCUT2D eigenvalue weighted by Gasteiger charge is -2.08. The lowest BCUT2D eigenvalue weighted by molar-refractivity contribution is -0.145. The molecule has 0 radical (unpaired) electrons. The molecule has 0 amide bonds. The van der Waals surface area contributed by atoms with Crippen LogP contribution in [0.1, 0.15) is 12.5 Å². The minimum absolute atomic E-state index is 0.303. The van der Waals surface area contributed by atoms with Crippen LogP contribution >= 0.6 is 15.9 Å². The van der Waals surface area contributed by atoms with Gasteiger partial charge in [0.2, 0.25) is 0 Å². The third kappa shape index (κ3) is 3.67. The molecule has 1 unspecified atom stereocenters. The van der Waals surface area contributed by atoms with Crippen molar-refractivity contribution in [2.45, 2.75) is 13.3 Å². The minimum atomic E-state index is -0.721. The number of nitriles is 1. The van der Waals surface area contributed by atoms with E-state index in [1.54, 1.807) is 6.92 Å². The van der Waals surface area contributed by atoms with E-state index in [2.05, 4.69) is 15.9 Å². The summed E-state index contributed by atoms with van der Waals surface area (Å²) in [6.07, 6.45) is 0.391. The summed E-state index contributed by atoms with van der Waals surface area (Å²) in [5.41, 5.74) is 0.947. The van der Waals surface area contributed by atoms with E-state index in [1.807, 2.05) is 30.3 Å². The van der Waals surface area contributed by atoms with Gasteiger partial charge >= 0.3 is 5.97 Å². The van der Waals surface area contributed by atoms with Gasteiger partial charge in [0.15, 0.2) is 0 Å². The average molecular weight is 282 g/mol. The van der Waals surface area contributed by atoms with Gasteiger partial charge in [-0.25, -0.2) is 0 Å². The Morgan fingerprint density at radius 1 is 1.50 bits per heavy atom. The molecule has 0 aromatic heterocycles. The van der Waals surface area contributed by atoms with Gasteiger partial charge in [0, 0.05) is 4.47 Å². The highest BCUT2D eigenvalue weighted by atomic mass is 79.9. The molecule has 0 bridgehead atoms. The standard InChI is InChI=1S/C12H12BrNO2/c1-2-16-12(15)10(8-14)7-9-3-5-11(13)6-4-9/h3-6,10H,2,7H2,1H3. The third-order valence-electron chi connectivity index (χ3n) is 2.08. The Kier molecular flexibility index (Phi) is 5.00. The van der Waals surface area contributed by atoms with Crippen molar-refractivity contribution in [1.82, 2.24) is 0 Å². The van der Waals surface area contributed by atoms with Crippen molar-refractivity contribution >= 4 is 21.9 Å². The molecule has 3 nitrogen and oxygen atoms in total. The van der Waals surface area contributed by atoms with Gasteiger partial charge in [-0.05, 0) is 31.0 Å². The number of benzene rings is 1. The second-order valence-corrected chi connectivity index (χ2v) is 4.18. The van der Waals surface area contributed by atoms with Gasteiger partial charge in [-0.3, -0.25) is 4.79 Å². The van der Waals surface area contributed by atoms with Crippen LogP contribution in [0, 0.1) is 17.2 Å². The molecule has 0 saturated heterocycles. The zero-order valence-electron chi connectivity index (χ0n) is 8.94. The number of carbonyl (C=O) groups is 1. The molecule has 0 aliphatic carbocycles. The van der Waals surface area contributed by atoms with E-state index < -0.39 is 11.9 Å². The van der Waals surface area contributed by atoms with Crippen molar-refractivity contribution in [1.29, 1.82) is 5.26 Å². The molecule has 1 rings (SSSR count). The number of hydrogen-bond donors (Lipinski definition) is 0. The number of hydrogen-bond acceptors (Lipinski definition) is 3. The fraction of sp³-hybridized carbons (Fsp3) is 0.333. The number of rotatable bonds is 4. The largest absolute Gasteiger partial charge is 0.465 e. The quantitative estimate of drug-likeness (QED) is 0.798. The summed E-state index contributed by atoms with van der Waals surface area (Å²) in [6, 6.07) is 9.50. The predicted octanol–water partition coefficient (Wildman–Crippen LogP) is 2.69. The van der Waals surface area contributed by atoms with Crippen LogP contribution in [0.4, 0.5) is 0 Å². The fourth-order valence-corrected chi connectivity index (χ4v) is 1.55. The van der Waals surface area contributed by atoms with Crippen molar-refractivity contribution in [2.24, 2.45) is 5.92 Å². The average Bonchev–Trinajstić information content (AvgIpc) is 2.28. The Hall–Kier alpha value is -1.34. The molecule has 0 heterocycles. The van der Waals surface area contributed by atoms with Crippen molar-refractivity contribution < 1.29 is 9.53 Å². The highest BCUT2D eigenvalue weighted by Crippen LogP contribution is 2.14. The van der Waals surface area contributed by atoms with Crippen molar-refractivity contribution in [3.63, 3.8) is 0 Å². The van der Waals surface area contributed by atoms with Crippen LogP contribution in [0.15, 0.2) is 28.7 Å². The summed E-state index contributed by atoms with van der Waals surface area (Å²) in [5.74, 6) is -1.17. The minimum Gasteiger partial charge on any atom is -0.465 e. The van der Waals surface area contributed by atoms with E-state index in [9.17, 15) is 4.79 Å². The van der Waals surface area contributed by atoms with Crippen molar-refractivity contribution in [3.05, 3.63) is 34.3 Å². The van der Waals surface area contributed by atoms with Gasteiger partial charge in [0.1, 0.15) is 5.92 Å². The summed E-state index contributed by atoms with van der Waals surface area (Å²) < 4.78 is 5.79. The molecule has 0 N–H and O–H groups in total. The Morgan fingerprint density at radius 3 is 2.62 bits per heavy atom. The van der Waals surface area contributed by atoms with Gasteiger partial charge < -0.3 is 4.74 Å². The molecular weight excluding hydrogens is 270 g/mol. The first kappa shape index (κ1) is 12.7. The summed E-state index contributed by atoms with van der Waals surface area (Å²) in [7, 11) is 0. The van der Waals surface area contributed by atoms with E-state index in [4.69, 9.17) is 10.00 Å². The molecule has 16 heavy (non-hydrogen) atoms. The lowest BCUT2D eigenvalue weighted by Crippen LogP contribution is -2.18. The topological polar surface area (TPSA) is 50.1 Å². The normalized spacial score (nSPS) is 11.6.